The van der Waals surface area contributed by atoms with E-state index in [0.717, 1.165) is 0 Å². The largest absolute Gasteiger partial charge is 0.393 e. The minimum Gasteiger partial charge on any atom is -0.393 e. The van der Waals surface area contributed by atoms with Crippen LogP contribution >= 0.6 is 12.2 Å². The second-order valence-electron chi connectivity index (χ2n) is 2.16. The Morgan fingerprint density at radius 2 is 2.38 bits per heavy atom. The first kappa shape index (κ1) is 9.46. The first-order valence-electron chi connectivity index (χ1n) is 3.40. The molecule has 0 aliphatic carbocycles. The predicted molar refractivity (Wildman–Crippen MR) is 49.9 cm³/mol. The second-order valence-corrected chi connectivity index (χ2v) is 2.68. The molecule has 68 valence electrons. The molecule has 1 heterocycles. The summed E-state index contributed by atoms with van der Waals surface area (Å²) in [5.74, 6) is -0.204. The van der Waals surface area contributed by atoms with Gasteiger partial charge in [-0.3, -0.25) is 10.1 Å². The van der Waals surface area contributed by atoms with Crippen LogP contribution in [-0.2, 0) is 4.79 Å². The molecule has 0 saturated heterocycles. The summed E-state index contributed by atoms with van der Waals surface area (Å²) in [7, 11) is 0. The maximum Gasteiger partial charge on any atom is 0.249 e. The number of rotatable bonds is 3. The highest BCUT2D eigenvalue weighted by Gasteiger charge is 2.04. The van der Waals surface area contributed by atoms with E-state index in [1.807, 2.05) is 0 Å². The fourth-order valence-corrected chi connectivity index (χ4v) is 0.763. The average molecular weight is 197 g/mol. The van der Waals surface area contributed by atoms with Crippen molar-refractivity contribution in [3.63, 3.8) is 0 Å². The monoisotopic (exact) mass is 197 g/mol. The Labute approximate surface area is 79.6 Å². The van der Waals surface area contributed by atoms with Gasteiger partial charge >= 0.3 is 0 Å². The van der Waals surface area contributed by atoms with Crippen LogP contribution in [0.2, 0.25) is 0 Å². The number of aromatic nitrogens is 3. The summed E-state index contributed by atoms with van der Waals surface area (Å²) in [5, 5.41) is 9.46. The van der Waals surface area contributed by atoms with Gasteiger partial charge in [-0.15, -0.1) is 5.10 Å². The summed E-state index contributed by atoms with van der Waals surface area (Å²) < 4.78 is 0. The van der Waals surface area contributed by atoms with Gasteiger partial charge in [0.15, 0.2) is 0 Å². The Balaban J connectivity index is 2.50. The molecule has 0 unspecified atom stereocenters. The van der Waals surface area contributed by atoms with E-state index in [-0.39, 0.29) is 23.3 Å². The third-order valence-corrected chi connectivity index (χ3v) is 1.21. The molecule has 1 aromatic heterocycles. The highest BCUT2D eigenvalue weighted by atomic mass is 32.1. The van der Waals surface area contributed by atoms with Crippen LogP contribution in [-0.4, -0.2) is 26.1 Å². The van der Waals surface area contributed by atoms with Crippen LogP contribution in [0, 0.1) is 0 Å². The number of hydrogen-bond acceptors (Lipinski definition) is 5. The lowest BCUT2D eigenvalue weighted by atomic mass is 10.4. The lowest BCUT2D eigenvalue weighted by Gasteiger charge is -1.99. The smallest absolute Gasteiger partial charge is 0.249 e. The number of carbonyl (C=O) groups excluding carboxylic acids is 1. The number of carbonyl (C=O) groups is 1. The standard InChI is InChI=1S/C6H7N5OS/c7-4(13)3-5(12)10-6-8-1-2-9-11-6/h1-2H,3H2,(H2,7,13)(H,8,10,11,12). The maximum absolute atomic E-state index is 11.0. The Hall–Kier alpha value is -1.63. The van der Waals surface area contributed by atoms with Crippen molar-refractivity contribution in [1.29, 1.82) is 0 Å². The van der Waals surface area contributed by atoms with Crippen LogP contribution < -0.4 is 11.1 Å². The minimum atomic E-state index is -0.347. The van der Waals surface area contributed by atoms with Crippen molar-refractivity contribution in [2.24, 2.45) is 5.73 Å². The third kappa shape index (κ3) is 3.52. The zero-order valence-corrected chi connectivity index (χ0v) is 7.41. The molecule has 0 spiro atoms. The van der Waals surface area contributed by atoms with E-state index in [4.69, 9.17) is 5.73 Å². The molecule has 1 rings (SSSR count). The van der Waals surface area contributed by atoms with Gasteiger partial charge in [-0.2, -0.15) is 5.10 Å². The molecule has 3 N–H and O–H groups in total. The van der Waals surface area contributed by atoms with E-state index in [2.05, 4.69) is 32.7 Å². The van der Waals surface area contributed by atoms with Crippen molar-refractivity contribution < 1.29 is 4.79 Å². The maximum atomic E-state index is 11.0. The molecular weight excluding hydrogens is 190 g/mol. The van der Waals surface area contributed by atoms with Gasteiger partial charge in [-0.1, -0.05) is 12.2 Å². The average Bonchev–Trinajstić information content (AvgIpc) is 2.04. The van der Waals surface area contributed by atoms with Crippen LogP contribution in [0.15, 0.2) is 12.4 Å². The van der Waals surface area contributed by atoms with Crippen LogP contribution in [0.5, 0.6) is 0 Å². The minimum absolute atomic E-state index is 0.0203. The number of thiocarbonyl (C=S) groups is 1. The van der Waals surface area contributed by atoms with Gasteiger partial charge in [0.05, 0.1) is 23.8 Å². The number of nitrogens with one attached hydrogen (secondary N) is 1. The lowest BCUT2D eigenvalue weighted by Crippen LogP contribution is -2.21. The normalized spacial score (nSPS) is 9.23. The zero-order chi connectivity index (χ0) is 9.68. The van der Waals surface area contributed by atoms with Crippen LogP contribution in [0.4, 0.5) is 5.95 Å². The van der Waals surface area contributed by atoms with Crippen LogP contribution in [0.3, 0.4) is 0 Å². The summed E-state index contributed by atoms with van der Waals surface area (Å²) >= 11 is 4.55. The molecule has 6 nitrogen and oxygen atoms in total. The fourth-order valence-electron chi connectivity index (χ4n) is 0.632. The summed E-state index contributed by atoms with van der Waals surface area (Å²) in [6, 6.07) is 0. The van der Waals surface area contributed by atoms with E-state index >= 15 is 0 Å². The lowest BCUT2D eigenvalue weighted by molar-refractivity contribution is -0.115. The van der Waals surface area contributed by atoms with Crippen molar-refractivity contribution >= 4 is 29.1 Å². The Morgan fingerprint density at radius 1 is 1.62 bits per heavy atom. The van der Waals surface area contributed by atoms with Crippen LogP contribution in [0.25, 0.3) is 0 Å². The summed E-state index contributed by atoms with van der Waals surface area (Å²) in [6.07, 6.45) is 2.81. The van der Waals surface area contributed by atoms with Gasteiger partial charge < -0.3 is 5.73 Å². The summed E-state index contributed by atoms with van der Waals surface area (Å²) in [4.78, 5) is 14.9. The molecule has 0 saturated carbocycles. The molecule has 0 radical (unpaired) electrons. The first-order chi connectivity index (χ1) is 6.18. The molecule has 1 aromatic rings. The van der Waals surface area contributed by atoms with E-state index in [9.17, 15) is 4.79 Å². The van der Waals surface area contributed by atoms with E-state index in [1.54, 1.807) is 0 Å². The molecule has 1 amide bonds. The van der Waals surface area contributed by atoms with E-state index < -0.39 is 0 Å². The van der Waals surface area contributed by atoms with Gasteiger partial charge in [-0.25, -0.2) is 4.98 Å². The summed E-state index contributed by atoms with van der Waals surface area (Å²) in [6.45, 7) is 0. The third-order valence-electron chi connectivity index (χ3n) is 1.07. The van der Waals surface area contributed by atoms with Crippen molar-refractivity contribution in [2.75, 3.05) is 5.32 Å². The van der Waals surface area contributed by atoms with Crippen molar-refractivity contribution in [1.82, 2.24) is 15.2 Å². The van der Waals surface area contributed by atoms with Gasteiger partial charge in [0, 0.05) is 0 Å². The summed E-state index contributed by atoms with van der Waals surface area (Å²) in [5.41, 5.74) is 5.16. The first-order valence-corrected chi connectivity index (χ1v) is 3.81. The van der Waals surface area contributed by atoms with Crippen LogP contribution in [0.1, 0.15) is 6.42 Å². The molecule has 0 aliphatic rings. The molecule has 0 aliphatic heterocycles. The number of amides is 1. The number of anilines is 1. The van der Waals surface area contributed by atoms with Gasteiger partial charge in [0.2, 0.25) is 11.9 Å². The van der Waals surface area contributed by atoms with Gasteiger partial charge in [0.1, 0.15) is 0 Å². The Bertz CT molecular complexity index is 314. The van der Waals surface area contributed by atoms with Crippen molar-refractivity contribution in [2.45, 2.75) is 6.42 Å². The molecule has 13 heavy (non-hydrogen) atoms. The highest BCUT2D eigenvalue weighted by molar-refractivity contribution is 7.80. The Kier molecular flexibility index (Phi) is 3.21. The molecule has 0 fully saturated rings. The Morgan fingerprint density at radius 3 is 2.92 bits per heavy atom. The molecule has 0 aromatic carbocycles. The highest BCUT2D eigenvalue weighted by Crippen LogP contribution is 1.93. The van der Waals surface area contributed by atoms with E-state index in [1.165, 1.54) is 12.4 Å². The quantitative estimate of drug-likeness (QED) is 0.633. The number of nitrogens with two attached hydrogens (primary N) is 1. The van der Waals surface area contributed by atoms with Gasteiger partial charge in [0.25, 0.3) is 0 Å². The van der Waals surface area contributed by atoms with E-state index in [0.29, 0.717) is 0 Å². The fraction of sp³-hybridized carbons (Fsp3) is 0.167. The van der Waals surface area contributed by atoms with Crippen molar-refractivity contribution in [3.05, 3.63) is 12.4 Å². The number of nitrogens with zero attached hydrogens (tertiary/aromatic N) is 3. The molecule has 0 atom stereocenters. The molecule has 0 bridgehead atoms. The number of hydrogen-bond donors (Lipinski definition) is 2. The second kappa shape index (κ2) is 4.41. The van der Waals surface area contributed by atoms with Gasteiger partial charge in [-0.05, 0) is 0 Å². The molecular formula is C6H7N5OS. The topological polar surface area (TPSA) is 93.8 Å². The molecule has 7 heteroatoms. The SMILES string of the molecule is NC(=S)CC(=O)Nc1nccnn1. The van der Waals surface area contributed by atoms with Crippen molar-refractivity contribution in [3.8, 4) is 0 Å². The zero-order valence-electron chi connectivity index (χ0n) is 6.60. The predicted octanol–water partition coefficient (Wildman–Crippen LogP) is -0.514.